The van der Waals surface area contributed by atoms with Crippen LogP contribution in [0.15, 0.2) is 53.9 Å². The van der Waals surface area contributed by atoms with Gasteiger partial charge < -0.3 is 5.32 Å². The molecular weight excluding hydrogens is 356 g/mol. The summed E-state index contributed by atoms with van der Waals surface area (Å²) in [6, 6.07) is 14.4. The zero-order valence-corrected chi connectivity index (χ0v) is 15.0. The number of benzene rings is 2. The number of thiazole rings is 1. The lowest BCUT2D eigenvalue weighted by molar-refractivity contribution is -0.115. The Bertz CT molecular complexity index is 936. The molecule has 0 saturated heterocycles. The average Bonchev–Trinajstić information content (AvgIpc) is 3.03. The number of hydrogen-bond acceptors (Lipinski definition) is 4. The van der Waals surface area contributed by atoms with Gasteiger partial charge in [0.15, 0.2) is 5.78 Å². The number of amides is 1. The van der Waals surface area contributed by atoms with E-state index in [-0.39, 0.29) is 18.1 Å². The summed E-state index contributed by atoms with van der Waals surface area (Å²) in [6.07, 6.45) is 0.132. The topological polar surface area (TPSA) is 59.1 Å². The third kappa shape index (κ3) is 4.13. The van der Waals surface area contributed by atoms with Gasteiger partial charge in [-0.2, -0.15) is 0 Å². The van der Waals surface area contributed by atoms with Crippen LogP contribution in [0.1, 0.15) is 23.0 Å². The van der Waals surface area contributed by atoms with Gasteiger partial charge in [-0.3, -0.25) is 9.59 Å². The number of hydrogen-bond donors (Lipinski definition) is 1. The number of carbonyl (C=O) groups is 2. The molecule has 0 atom stereocenters. The van der Waals surface area contributed by atoms with Crippen LogP contribution in [0.5, 0.6) is 0 Å². The van der Waals surface area contributed by atoms with Crippen molar-refractivity contribution < 1.29 is 9.59 Å². The van der Waals surface area contributed by atoms with Crippen LogP contribution in [-0.4, -0.2) is 16.7 Å². The second-order valence-electron chi connectivity index (χ2n) is 5.45. The van der Waals surface area contributed by atoms with Crippen LogP contribution < -0.4 is 5.32 Å². The molecule has 0 aliphatic rings. The Morgan fingerprint density at radius 2 is 1.84 bits per heavy atom. The number of para-hydroxylation sites is 1. The Labute approximate surface area is 154 Å². The van der Waals surface area contributed by atoms with Crippen molar-refractivity contribution in [3.8, 4) is 10.6 Å². The zero-order valence-electron chi connectivity index (χ0n) is 13.5. The predicted molar refractivity (Wildman–Crippen MR) is 101 cm³/mol. The van der Waals surface area contributed by atoms with Gasteiger partial charge in [-0.25, -0.2) is 4.98 Å². The number of anilines is 1. The Morgan fingerprint density at radius 1 is 1.12 bits per heavy atom. The minimum Gasteiger partial charge on any atom is -0.325 e. The van der Waals surface area contributed by atoms with Crippen molar-refractivity contribution in [2.45, 2.75) is 13.3 Å². The molecule has 1 amide bonds. The van der Waals surface area contributed by atoms with Crippen LogP contribution in [0.3, 0.4) is 0 Å². The molecule has 0 unspecified atom stereocenters. The summed E-state index contributed by atoms with van der Waals surface area (Å²) in [7, 11) is 0. The lowest BCUT2D eigenvalue weighted by Gasteiger charge is -2.08. The maximum absolute atomic E-state index is 12.3. The monoisotopic (exact) mass is 370 g/mol. The van der Waals surface area contributed by atoms with Crippen LogP contribution in [0.4, 0.5) is 5.69 Å². The normalized spacial score (nSPS) is 10.5. The summed E-state index contributed by atoms with van der Waals surface area (Å²) in [6.45, 7) is 1.47. The van der Waals surface area contributed by atoms with Crippen LogP contribution in [0.2, 0.25) is 5.02 Å². The van der Waals surface area contributed by atoms with E-state index in [4.69, 9.17) is 11.6 Å². The van der Waals surface area contributed by atoms with E-state index in [9.17, 15) is 9.59 Å². The van der Waals surface area contributed by atoms with E-state index < -0.39 is 0 Å². The third-order valence-electron chi connectivity index (χ3n) is 3.58. The standard InChI is InChI=1S/C19H15ClN2O2S/c1-12(23)14-6-3-5-9-17(14)22-18(24)10-13-11-25-19(21-13)15-7-2-4-8-16(15)20/h2-9,11H,10H2,1H3,(H,22,24). The van der Waals surface area contributed by atoms with E-state index in [1.54, 1.807) is 24.3 Å². The van der Waals surface area contributed by atoms with E-state index in [0.29, 0.717) is 22.0 Å². The minimum atomic E-state index is -0.218. The van der Waals surface area contributed by atoms with Gasteiger partial charge >= 0.3 is 0 Å². The molecule has 2 aromatic carbocycles. The van der Waals surface area contributed by atoms with Gasteiger partial charge in [-0.15, -0.1) is 11.3 Å². The van der Waals surface area contributed by atoms with Crippen LogP contribution in [0, 0.1) is 0 Å². The summed E-state index contributed by atoms with van der Waals surface area (Å²) in [5.74, 6) is -0.310. The molecule has 6 heteroatoms. The first-order valence-electron chi connectivity index (χ1n) is 7.63. The zero-order chi connectivity index (χ0) is 17.8. The van der Waals surface area contributed by atoms with Gasteiger partial charge in [-0.05, 0) is 25.1 Å². The molecule has 0 fully saturated rings. The van der Waals surface area contributed by atoms with Gasteiger partial charge in [0.1, 0.15) is 5.01 Å². The van der Waals surface area contributed by atoms with Gasteiger partial charge in [0, 0.05) is 16.5 Å². The maximum atomic E-state index is 12.3. The molecule has 0 aliphatic heterocycles. The number of carbonyl (C=O) groups excluding carboxylic acids is 2. The second kappa shape index (κ2) is 7.59. The van der Waals surface area contributed by atoms with E-state index in [0.717, 1.165) is 10.6 Å². The van der Waals surface area contributed by atoms with Crippen molar-refractivity contribution in [3.05, 3.63) is 70.2 Å². The first-order valence-corrected chi connectivity index (χ1v) is 8.89. The SMILES string of the molecule is CC(=O)c1ccccc1NC(=O)Cc1csc(-c2ccccc2Cl)n1. The molecule has 126 valence electrons. The predicted octanol–water partition coefficient (Wildman–Crippen LogP) is 4.85. The Hall–Kier alpha value is -2.50. The van der Waals surface area contributed by atoms with Gasteiger partial charge in [0.25, 0.3) is 0 Å². The number of nitrogens with one attached hydrogen (secondary N) is 1. The smallest absolute Gasteiger partial charge is 0.230 e. The molecule has 1 N–H and O–H groups in total. The fourth-order valence-corrected chi connectivity index (χ4v) is 3.54. The van der Waals surface area contributed by atoms with E-state index in [2.05, 4.69) is 10.3 Å². The van der Waals surface area contributed by atoms with Crippen molar-refractivity contribution in [1.29, 1.82) is 0 Å². The molecule has 0 saturated carbocycles. The molecule has 0 bridgehead atoms. The highest BCUT2D eigenvalue weighted by molar-refractivity contribution is 7.13. The molecule has 0 aliphatic carbocycles. The lowest BCUT2D eigenvalue weighted by atomic mass is 10.1. The molecule has 1 aromatic heterocycles. The Kier molecular flexibility index (Phi) is 5.26. The fraction of sp³-hybridized carbons (Fsp3) is 0.105. The molecule has 4 nitrogen and oxygen atoms in total. The van der Waals surface area contributed by atoms with Crippen LogP contribution in [-0.2, 0) is 11.2 Å². The number of nitrogens with zero attached hydrogens (tertiary/aromatic N) is 1. The Balaban J connectivity index is 1.73. The second-order valence-corrected chi connectivity index (χ2v) is 6.72. The lowest BCUT2D eigenvalue weighted by Crippen LogP contribution is -2.16. The quantitative estimate of drug-likeness (QED) is 0.653. The van der Waals surface area contributed by atoms with Crippen LogP contribution in [0.25, 0.3) is 10.6 Å². The number of ketones is 1. The molecular formula is C19H15ClN2O2S. The van der Waals surface area contributed by atoms with E-state index in [1.807, 2.05) is 29.6 Å². The maximum Gasteiger partial charge on any atom is 0.230 e. The number of halogens is 1. The van der Waals surface area contributed by atoms with E-state index >= 15 is 0 Å². The third-order valence-corrected chi connectivity index (χ3v) is 4.83. The highest BCUT2D eigenvalue weighted by Gasteiger charge is 2.13. The molecule has 1 heterocycles. The molecule has 3 aromatic rings. The van der Waals surface area contributed by atoms with E-state index in [1.165, 1.54) is 18.3 Å². The summed E-state index contributed by atoms with van der Waals surface area (Å²) < 4.78 is 0. The summed E-state index contributed by atoms with van der Waals surface area (Å²) in [5, 5.41) is 6.03. The minimum absolute atomic E-state index is 0.0921. The van der Waals surface area contributed by atoms with Gasteiger partial charge in [-0.1, -0.05) is 41.9 Å². The number of rotatable bonds is 5. The summed E-state index contributed by atoms with van der Waals surface area (Å²) >= 11 is 7.63. The number of aromatic nitrogens is 1. The van der Waals surface area contributed by atoms with Gasteiger partial charge in [0.2, 0.25) is 5.91 Å². The summed E-state index contributed by atoms with van der Waals surface area (Å²) in [4.78, 5) is 28.4. The van der Waals surface area contributed by atoms with Gasteiger partial charge in [0.05, 0.1) is 22.8 Å². The first-order chi connectivity index (χ1) is 12.0. The van der Waals surface area contributed by atoms with Crippen molar-refractivity contribution in [2.24, 2.45) is 0 Å². The molecule has 25 heavy (non-hydrogen) atoms. The van der Waals surface area contributed by atoms with Crippen molar-refractivity contribution in [1.82, 2.24) is 4.98 Å². The molecule has 3 rings (SSSR count). The number of Topliss-reactive ketones (excluding diaryl/α,β-unsaturated/α-hetero) is 1. The molecule has 0 spiro atoms. The van der Waals surface area contributed by atoms with Crippen molar-refractivity contribution in [3.63, 3.8) is 0 Å². The van der Waals surface area contributed by atoms with Crippen LogP contribution >= 0.6 is 22.9 Å². The first kappa shape index (κ1) is 17.3. The average molecular weight is 371 g/mol. The highest BCUT2D eigenvalue weighted by atomic mass is 35.5. The molecule has 0 radical (unpaired) electrons. The highest BCUT2D eigenvalue weighted by Crippen LogP contribution is 2.30. The van der Waals surface area contributed by atoms with Crippen molar-refractivity contribution >= 4 is 40.3 Å². The largest absolute Gasteiger partial charge is 0.325 e. The summed E-state index contributed by atoms with van der Waals surface area (Å²) in [5.41, 5.74) is 2.52. The van der Waals surface area contributed by atoms with Crippen molar-refractivity contribution in [2.75, 3.05) is 5.32 Å². The fourth-order valence-electron chi connectivity index (χ4n) is 2.40. The Morgan fingerprint density at radius 3 is 2.60 bits per heavy atom.